The van der Waals surface area contributed by atoms with E-state index in [9.17, 15) is 84.5 Å². The van der Waals surface area contributed by atoms with E-state index in [1.54, 1.807) is 18.2 Å². The zero-order valence-electron chi connectivity index (χ0n) is 39.9. The fourth-order valence-corrected chi connectivity index (χ4v) is 8.59. The van der Waals surface area contributed by atoms with Gasteiger partial charge in [0.15, 0.2) is 18.1 Å². The summed E-state index contributed by atoms with van der Waals surface area (Å²) in [6.45, 7) is 0.0380. The number of primary amides is 1. The van der Waals surface area contributed by atoms with Crippen molar-refractivity contribution in [1.82, 2.24) is 36.4 Å². The van der Waals surface area contributed by atoms with E-state index >= 15 is 0 Å². The molecular formula is C43H57N8NaO21S. The van der Waals surface area contributed by atoms with Crippen LogP contribution in [0.1, 0.15) is 44.8 Å². The average molecular weight is 1080 g/mol. The van der Waals surface area contributed by atoms with Crippen molar-refractivity contribution in [3.05, 3.63) is 54.1 Å². The Morgan fingerprint density at radius 1 is 0.851 bits per heavy atom. The predicted octanol–water partition coefficient (Wildman–Crippen LogP) is -10.4. The number of rotatable bonds is 15. The third-order valence-corrected chi connectivity index (χ3v) is 12.4. The van der Waals surface area contributed by atoms with Gasteiger partial charge in [-0.25, -0.2) is 0 Å². The number of benzene rings is 2. The number of phenolic OH excluding ortho intramolecular Hbond substituents is 1. The van der Waals surface area contributed by atoms with E-state index < -0.39 is 189 Å². The van der Waals surface area contributed by atoms with Crippen LogP contribution in [0.4, 0.5) is 0 Å². The van der Waals surface area contributed by atoms with Gasteiger partial charge in [0.1, 0.15) is 54.2 Å². The molecule has 3 saturated heterocycles. The number of para-hydroxylation sites is 1. The molecule has 8 amide bonds. The molecule has 0 spiro atoms. The molecule has 2 aromatic rings. The molecule has 3 fully saturated rings. The number of phenols is 1. The largest absolute Gasteiger partial charge is 1.00 e. The van der Waals surface area contributed by atoms with Crippen LogP contribution in [-0.4, -0.2) is 197 Å². The monoisotopic (exact) mass is 1080 g/mol. The van der Waals surface area contributed by atoms with E-state index in [2.05, 4.69) is 36.0 Å². The summed E-state index contributed by atoms with van der Waals surface area (Å²) in [4.78, 5) is 112. The summed E-state index contributed by atoms with van der Waals surface area (Å²) in [6.07, 6.45) is -16.0. The van der Waals surface area contributed by atoms with E-state index in [-0.39, 0.29) is 53.2 Å². The number of β-amino-alcohol motifs (C(OH)–C–C–N with tert-alkyl or cyclic N) is 1. The number of nitrogens with zero attached hydrogens (tertiary/aromatic N) is 2. The first-order chi connectivity index (χ1) is 34.5. The summed E-state index contributed by atoms with van der Waals surface area (Å²) in [5.41, 5.74) is 4.97. The zero-order chi connectivity index (χ0) is 53.8. The van der Waals surface area contributed by atoms with E-state index in [1.807, 2.05) is 0 Å². The number of nitrogens with two attached hydrogens (primary N) is 1. The van der Waals surface area contributed by atoms with Crippen molar-refractivity contribution in [3.63, 3.8) is 0 Å². The maximum Gasteiger partial charge on any atom is 1.00 e. The topological polar surface area (TPSA) is 451 Å². The number of fused-ring (bicyclic) bond motifs is 2. The van der Waals surface area contributed by atoms with Crippen LogP contribution in [-0.2, 0) is 47.7 Å². The summed E-state index contributed by atoms with van der Waals surface area (Å²) >= 11 is -0.0856. The maximum atomic E-state index is 14.5. The summed E-state index contributed by atoms with van der Waals surface area (Å²) < 4.78 is 14.4. The predicted molar refractivity (Wildman–Crippen MR) is 241 cm³/mol. The Balaban J connectivity index is 0.0000119. The van der Waals surface area contributed by atoms with Crippen LogP contribution in [0, 0.1) is 5.92 Å². The van der Waals surface area contributed by atoms with Gasteiger partial charge in [-0.2, -0.15) is 0 Å². The Hall–Kier alpha value is -5.45. The van der Waals surface area contributed by atoms with E-state index in [4.69, 9.17) is 14.7 Å². The second kappa shape index (κ2) is 27.9. The van der Waals surface area contributed by atoms with Gasteiger partial charge >= 0.3 is 29.6 Å². The number of nitrogens with one attached hydrogen (secondary N) is 5. The molecule has 2 aromatic carbocycles. The first kappa shape index (κ1) is 61.1. The molecule has 0 saturated carbocycles. The molecule has 14 atom stereocenters. The summed E-state index contributed by atoms with van der Waals surface area (Å²) in [5, 5.41) is 114. The molecule has 31 heteroatoms. The molecular weight excluding hydrogens is 1020 g/mol. The van der Waals surface area contributed by atoms with Gasteiger partial charge in [0.25, 0.3) is 18.2 Å². The molecule has 3 aliphatic heterocycles. The van der Waals surface area contributed by atoms with Crippen LogP contribution in [0.25, 0.3) is 0 Å². The molecule has 15 N–H and O–H groups in total. The number of amides is 8. The Labute approximate surface area is 447 Å². The van der Waals surface area contributed by atoms with Crippen LogP contribution >= 0.6 is 12.3 Å². The van der Waals surface area contributed by atoms with Gasteiger partial charge in [-0.1, -0.05) is 31.2 Å². The van der Waals surface area contributed by atoms with Gasteiger partial charge in [-0.15, -0.1) is 4.33 Å². The van der Waals surface area contributed by atoms with E-state index in [0.717, 1.165) is 30.0 Å². The quantitative estimate of drug-likeness (QED) is 0.0259. The van der Waals surface area contributed by atoms with Crippen molar-refractivity contribution >= 4 is 59.6 Å². The van der Waals surface area contributed by atoms with Gasteiger partial charge in [0, 0.05) is 38.4 Å². The third-order valence-electron chi connectivity index (χ3n) is 12.1. The third kappa shape index (κ3) is 15.8. The van der Waals surface area contributed by atoms with Crippen LogP contribution in [0.15, 0.2) is 48.5 Å². The summed E-state index contributed by atoms with van der Waals surface area (Å²) in [5.74, 6) is -11.7. The number of ether oxygens (including phenoxy) is 1. The average Bonchev–Trinajstić information content (AvgIpc) is 3.89. The van der Waals surface area contributed by atoms with Crippen molar-refractivity contribution in [2.24, 2.45) is 11.7 Å². The number of carbonyl (C=O) groups excluding carboxylic acids is 8. The standard InChI is InChI=1S/C43H58N8O21S.Na/c1-18-15-51-34(35(18)59)41(65)45-14-21(53)11-24(46-30(58)17-69-23-6-4-3-5-7-23)38(62)47-31(19(2)52)42(66)50-16-22(54)12-25(50)39(63)49-33(40(64)48-32(43(51)67)27(56)13-29(44)57)37(61)36(60)20-8-9-26(55)28(10-20)70-73-72-71-68;/h3-10,18-19,21-22,24-25,27,31-37,52-56,59-61,68H,11-17H2,1-2H3,(H2,44,57)(H,45,65)(H,46,58)(H,47,62)(H,48,64)(H,49,63);/q;+1/p-1/t18?,19?,21?,22?,24-,25?,27?,31?,32?,33?,34?,35?,36?,37?;/m0./s1. The minimum absolute atomic E-state index is 0. The Kier molecular flexibility index (Phi) is 23.0. The molecule has 0 radical (unpaired) electrons. The summed E-state index contributed by atoms with van der Waals surface area (Å²) in [7, 11) is 0. The van der Waals surface area contributed by atoms with Gasteiger partial charge in [0.05, 0.1) is 36.9 Å². The summed E-state index contributed by atoms with van der Waals surface area (Å²) in [6, 6.07) is -1.29. The second-order valence-electron chi connectivity index (χ2n) is 17.5. The van der Waals surface area contributed by atoms with Gasteiger partial charge in [0.2, 0.25) is 41.4 Å². The minimum Gasteiger partial charge on any atom is -0.691 e. The van der Waals surface area contributed by atoms with Crippen molar-refractivity contribution < 1.29 is 132 Å². The van der Waals surface area contributed by atoms with E-state index in [1.165, 1.54) is 19.1 Å². The van der Waals surface area contributed by atoms with Crippen LogP contribution < -0.4 is 76.1 Å². The minimum atomic E-state index is -2.52. The van der Waals surface area contributed by atoms with Crippen molar-refractivity contribution in [1.29, 1.82) is 0 Å². The maximum absolute atomic E-state index is 14.5. The van der Waals surface area contributed by atoms with Gasteiger partial charge in [-0.3, -0.25) is 43.4 Å². The van der Waals surface area contributed by atoms with Gasteiger partial charge in [-0.05, 0) is 36.8 Å². The van der Waals surface area contributed by atoms with Crippen molar-refractivity contribution in [2.45, 2.75) is 112 Å². The van der Waals surface area contributed by atoms with E-state index in [0.29, 0.717) is 4.90 Å². The fourth-order valence-electron chi connectivity index (χ4n) is 8.34. The molecule has 74 heavy (non-hydrogen) atoms. The van der Waals surface area contributed by atoms with Crippen LogP contribution in [0.3, 0.4) is 0 Å². The van der Waals surface area contributed by atoms with Gasteiger partial charge < -0.3 is 97.1 Å². The smallest absolute Gasteiger partial charge is 0.691 e. The molecule has 3 heterocycles. The Bertz CT molecular complexity index is 2310. The number of hydrogen-bond donors (Lipinski definition) is 14. The molecule has 29 nitrogen and oxygen atoms in total. The van der Waals surface area contributed by atoms with Crippen molar-refractivity contribution in [2.75, 3.05) is 26.2 Å². The molecule has 402 valence electrons. The molecule has 5 rings (SSSR count). The number of hydrogen-bond acceptors (Lipinski definition) is 22. The van der Waals surface area contributed by atoms with Crippen LogP contribution in [0.5, 0.6) is 17.2 Å². The normalized spacial score (nSPS) is 28.0. The van der Waals surface area contributed by atoms with Crippen molar-refractivity contribution in [3.8, 4) is 17.2 Å². The number of carbonyl (C=O) groups is 8. The Morgan fingerprint density at radius 2 is 1.50 bits per heavy atom. The molecule has 13 unspecified atom stereocenters. The number of aromatic hydroxyl groups is 1. The Morgan fingerprint density at radius 3 is 2.15 bits per heavy atom. The zero-order valence-corrected chi connectivity index (χ0v) is 42.7. The number of aliphatic hydroxyl groups excluding tert-OH is 7. The fraction of sp³-hybridized carbons (Fsp3) is 0.535. The first-order valence-corrected chi connectivity index (χ1v) is 23.1. The second-order valence-corrected chi connectivity index (χ2v) is 18.0. The van der Waals surface area contributed by atoms with Crippen LogP contribution in [0.2, 0.25) is 0 Å². The molecule has 0 aromatic heterocycles. The SMILES string of the molecule is CC(O)C1NC(=O)[C@@H](NC(=O)COc2ccccc2)CC(O)CNC(=O)C2C(O)C(C)CN2C(=O)C(C(O)CC(N)=O)NC(=O)C(C(O)C(O)c2ccc(O)c(OSOO[O-])c2)NC(=O)C2CC(O)CN2C1=O.[Na+]. The molecule has 0 aliphatic carbocycles. The number of aliphatic hydroxyl groups is 7. The molecule has 3 aliphatic rings. The first-order valence-electron chi connectivity index (χ1n) is 22.5. The molecule has 0 bridgehead atoms.